The number of nitrogens with zero attached hydrogens (tertiary/aromatic N) is 1. The van der Waals surface area contributed by atoms with Gasteiger partial charge in [-0.3, -0.25) is 9.59 Å². The molecule has 1 heterocycles. The fraction of sp³-hybridized carbons (Fsp3) is 0.250. The maximum atomic E-state index is 13.2. The molecule has 0 saturated carbocycles. The number of rotatable bonds is 4. The molecule has 1 aliphatic heterocycles. The molecule has 0 aliphatic carbocycles. The van der Waals surface area contributed by atoms with Crippen LogP contribution in [0.4, 0.5) is 20.2 Å². The van der Waals surface area contributed by atoms with Crippen LogP contribution in [0.3, 0.4) is 0 Å². The Labute approximate surface area is 165 Å². The van der Waals surface area contributed by atoms with Crippen LogP contribution in [0.15, 0.2) is 42.5 Å². The molecule has 2 amide bonds. The van der Waals surface area contributed by atoms with Crippen molar-refractivity contribution in [3.63, 3.8) is 0 Å². The Morgan fingerprint density at radius 2 is 1.90 bits per heavy atom. The Morgan fingerprint density at radius 1 is 1.17 bits per heavy atom. The van der Waals surface area contributed by atoms with Crippen molar-refractivity contribution in [2.45, 2.75) is 26.1 Å². The number of hydrogen-bond donors (Lipinski definition) is 1. The summed E-state index contributed by atoms with van der Waals surface area (Å²) in [5.74, 6) is -3.67. The van der Waals surface area contributed by atoms with Crippen LogP contribution < -0.4 is 15.0 Å². The zero-order valence-electron chi connectivity index (χ0n) is 15.6. The summed E-state index contributed by atoms with van der Waals surface area (Å²) in [5, 5.41) is 2.33. The Bertz CT molecular complexity index is 966. The molecule has 2 atom stereocenters. The zero-order valence-corrected chi connectivity index (χ0v) is 15.6. The first-order chi connectivity index (χ1) is 13.8. The Balaban J connectivity index is 1.65. The average molecular weight is 404 g/mol. The summed E-state index contributed by atoms with van der Waals surface area (Å²) in [6, 6.07) is 9.60. The number of nitrogens with one attached hydrogen (secondary N) is 1. The molecule has 7 nitrogen and oxygen atoms in total. The molecule has 152 valence electrons. The van der Waals surface area contributed by atoms with Gasteiger partial charge in [0, 0.05) is 18.7 Å². The van der Waals surface area contributed by atoms with E-state index in [9.17, 15) is 23.2 Å². The largest absolute Gasteiger partial charge is 0.475 e. The van der Waals surface area contributed by atoms with E-state index in [1.165, 1.54) is 24.8 Å². The van der Waals surface area contributed by atoms with Crippen LogP contribution in [-0.2, 0) is 19.1 Å². The first-order valence-corrected chi connectivity index (χ1v) is 8.76. The zero-order chi connectivity index (χ0) is 21.1. The van der Waals surface area contributed by atoms with Gasteiger partial charge in [0.25, 0.3) is 5.91 Å². The van der Waals surface area contributed by atoms with Gasteiger partial charge >= 0.3 is 5.97 Å². The molecule has 0 fully saturated rings. The number of para-hydroxylation sites is 2. The maximum absolute atomic E-state index is 13.2. The minimum Gasteiger partial charge on any atom is -0.475 e. The predicted octanol–water partition coefficient (Wildman–Crippen LogP) is 2.65. The van der Waals surface area contributed by atoms with E-state index in [0.29, 0.717) is 11.4 Å². The normalized spacial score (nSPS) is 16.3. The van der Waals surface area contributed by atoms with Crippen LogP contribution in [-0.4, -0.2) is 36.5 Å². The number of anilines is 2. The SMILES string of the molecule is CC(=O)N1C[C@H](C(=O)O[C@H](C)C(=O)Nc2ccc(F)c(F)c2)Oc2ccccc21. The lowest BCUT2D eigenvalue weighted by Crippen LogP contribution is -2.48. The van der Waals surface area contributed by atoms with E-state index in [1.54, 1.807) is 24.3 Å². The molecule has 0 bridgehead atoms. The molecule has 0 saturated heterocycles. The number of ether oxygens (including phenoxy) is 2. The second-order valence-electron chi connectivity index (χ2n) is 6.40. The molecule has 2 aromatic rings. The van der Waals surface area contributed by atoms with E-state index in [1.807, 2.05) is 0 Å². The number of esters is 1. The molecule has 0 unspecified atom stereocenters. The number of benzene rings is 2. The van der Waals surface area contributed by atoms with E-state index < -0.39 is 35.7 Å². The number of carbonyl (C=O) groups is 3. The number of hydrogen-bond acceptors (Lipinski definition) is 5. The standard InChI is InChI=1S/C20H18F2N2O5/c1-11(19(26)23-13-7-8-14(21)15(22)9-13)28-20(27)18-10-24(12(2)25)16-5-3-4-6-17(16)29-18/h3-9,11,18H,10H2,1-2H3,(H,23,26)/t11-,18-/m1/s1. The number of halogens is 2. The van der Waals surface area contributed by atoms with Crippen LogP contribution >= 0.6 is 0 Å². The predicted molar refractivity (Wildman–Crippen MR) is 99.4 cm³/mol. The summed E-state index contributed by atoms with van der Waals surface area (Å²) in [5.41, 5.74) is 0.551. The van der Waals surface area contributed by atoms with E-state index in [-0.39, 0.29) is 18.1 Å². The lowest BCUT2D eigenvalue weighted by molar-refractivity contribution is -0.160. The Hall–Kier alpha value is -3.49. The van der Waals surface area contributed by atoms with Crippen molar-refractivity contribution in [1.29, 1.82) is 0 Å². The van der Waals surface area contributed by atoms with Crippen LogP contribution in [0.25, 0.3) is 0 Å². The second kappa shape index (κ2) is 8.26. The van der Waals surface area contributed by atoms with Crippen LogP contribution in [0.2, 0.25) is 0 Å². The second-order valence-corrected chi connectivity index (χ2v) is 6.40. The monoisotopic (exact) mass is 404 g/mol. The van der Waals surface area contributed by atoms with Crippen molar-refractivity contribution < 1.29 is 32.6 Å². The molecular formula is C20H18F2N2O5. The van der Waals surface area contributed by atoms with Crippen LogP contribution in [0.5, 0.6) is 5.75 Å². The molecule has 1 N–H and O–H groups in total. The van der Waals surface area contributed by atoms with Gasteiger partial charge in [-0.05, 0) is 31.2 Å². The molecule has 0 radical (unpaired) electrons. The summed E-state index contributed by atoms with van der Waals surface area (Å²) < 4.78 is 37.0. The van der Waals surface area contributed by atoms with Gasteiger partial charge in [-0.1, -0.05) is 12.1 Å². The third-order valence-electron chi connectivity index (χ3n) is 4.27. The van der Waals surface area contributed by atoms with Crippen LogP contribution in [0, 0.1) is 11.6 Å². The highest BCUT2D eigenvalue weighted by molar-refractivity contribution is 5.97. The smallest absolute Gasteiger partial charge is 0.350 e. The first-order valence-electron chi connectivity index (χ1n) is 8.76. The highest BCUT2D eigenvalue weighted by Crippen LogP contribution is 2.33. The van der Waals surface area contributed by atoms with Crippen molar-refractivity contribution in [1.82, 2.24) is 0 Å². The molecule has 3 rings (SSSR count). The lowest BCUT2D eigenvalue weighted by atomic mass is 10.2. The highest BCUT2D eigenvalue weighted by Gasteiger charge is 2.35. The highest BCUT2D eigenvalue weighted by atomic mass is 19.2. The van der Waals surface area contributed by atoms with E-state index in [2.05, 4.69) is 5.32 Å². The minimum atomic E-state index is -1.23. The van der Waals surface area contributed by atoms with Gasteiger partial charge < -0.3 is 19.7 Å². The summed E-state index contributed by atoms with van der Waals surface area (Å²) in [6.07, 6.45) is -2.35. The van der Waals surface area contributed by atoms with Gasteiger partial charge in [-0.15, -0.1) is 0 Å². The van der Waals surface area contributed by atoms with Crippen molar-refractivity contribution in [3.05, 3.63) is 54.1 Å². The molecule has 0 aromatic heterocycles. The fourth-order valence-electron chi connectivity index (χ4n) is 2.78. The topological polar surface area (TPSA) is 84.9 Å². The molecule has 9 heteroatoms. The number of fused-ring (bicyclic) bond motifs is 1. The van der Waals surface area contributed by atoms with Crippen LogP contribution in [0.1, 0.15) is 13.8 Å². The van der Waals surface area contributed by atoms with Gasteiger partial charge in [-0.25, -0.2) is 13.6 Å². The van der Waals surface area contributed by atoms with Crippen molar-refractivity contribution in [3.8, 4) is 5.75 Å². The first kappa shape index (κ1) is 20.2. The Morgan fingerprint density at radius 3 is 2.59 bits per heavy atom. The summed E-state index contributed by atoms with van der Waals surface area (Å²) in [7, 11) is 0. The average Bonchev–Trinajstić information content (AvgIpc) is 2.69. The third-order valence-corrected chi connectivity index (χ3v) is 4.27. The van der Waals surface area contributed by atoms with Gasteiger partial charge in [0.1, 0.15) is 5.75 Å². The molecule has 29 heavy (non-hydrogen) atoms. The summed E-state index contributed by atoms with van der Waals surface area (Å²) in [6.45, 7) is 2.62. The van der Waals surface area contributed by atoms with Gasteiger partial charge in [0.15, 0.2) is 17.7 Å². The van der Waals surface area contributed by atoms with E-state index >= 15 is 0 Å². The summed E-state index contributed by atoms with van der Waals surface area (Å²) in [4.78, 5) is 38.0. The van der Waals surface area contributed by atoms with Crippen molar-refractivity contribution >= 4 is 29.2 Å². The van der Waals surface area contributed by atoms with Gasteiger partial charge in [0.2, 0.25) is 12.0 Å². The third kappa shape index (κ3) is 4.50. The number of amides is 2. The molecule has 2 aromatic carbocycles. The fourth-order valence-corrected chi connectivity index (χ4v) is 2.78. The van der Waals surface area contributed by atoms with E-state index in [4.69, 9.17) is 9.47 Å². The lowest BCUT2D eigenvalue weighted by Gasteiger charge is -2.33. The van der Waals surface area contributed by atoms with Gasteiger partial charge in [-0.2, -0.15) is 0 Å². The molecule has 1 aliphatic rings. The van der Waals surface area contributed by atoms with Crippen molar-refractivity contribution in [2.24, 2.45) is 0 Å². The Kier molecular flexibility index (Phi) is 5.76. The minimum absolute atomic E-state index is 0.0161. The van der Waals surface area contributed by atoms with Crippen molar-refractivity contribution in [2.75, 3.05) is 16.8 Å². The van der Waals surface area contributed by atoms with Gasteiger partial charge in [0.05, 0.1) is 12.2 Å². The molecular weight excluding hydrogens is 386 g/mol. The molecule has 0 spiro atoms. The van der Waals surface area contributed by atoms with E-state index in [0.717, 1.165) is 12.1 Å². The quantitative estimate of drug-likeness (QED) is 0.792. The summed E-state index contributed by atoms with van der Waals surface area (Å²) >= 11 is 0. The number of carbonyl (C=O) groups excluding carboxylic acids is 3. The maximum Gasteiger partial charge on any atom is 0.350 e.